The molecule has 1 heterocycles. The molecule has 5 nitrogen and oxygen atoms in total. The van der Waals surface area contributed by atoms with Crippen LogP contribution in [0, 0.1) is 6.92 Å². The van der Waals surface area contributed by atoms with E-state index in [-0.39, 0.29) is 4.90 Å². The Bertz CT molecular complexity index is 962. The zero-order valence-corrected chi connectivity index (χ0v) is 14.9. The van der Waals surface area contributed by atoms with Crippen LogP contribution in [0.4, 0.5) is 0 Å². The van der Waals surface area contributed by atoms with Crippen LogP contribution in [0.2, 0.25) is 0 Å². The van der Waals surface area contributed by atoms with Crippen molar-refractivity contribution >= 4 is 37.0 Å². The fourth-order valence-electron chi connectivity index (χ4n) is 2.18. The van der Waals surface area contributed by atoms with Gasteiger partial charge in [-0.25, -0.2) is 0 Å². The standard InChI is InChI=1S/C16H14BrNO4S/c1-11-3-6-13(7-4-11)23(19,20)22-18-10-15(17)14-9-12(21-2)5-8-16(14)18/h3-10H,1-2H3. The molecule has 0 atom stereocenters. The molecule has 0 bridgehead atoms. The van der Waals surface area contributed by atoms with Gasteiger partial charge in [0, 0.05) is 9.86 Å². The summed E-state index contributed by atoms with van der Waals surface area (Å²) in [5.74, 6) is 0.678. The monoisotopic (exact) mass is 395 g/mol. The summed E-state index contributed by atoms with van der Waals surface area (Å²) in [7, 11) is -2.34. The lowest BCUT2D eigenvalue weighted by Gasteiger charge is -2.09. The van der Waals surface area contributed by atoms with E-state index in [4.69, 9.17) is 9.02 Å². The van der Waals surface area contributed by atoms with Gasteiger partial charge in [-0.2, -0.15) is 13.1 Å². The fourth-order valence-corrected chi connectivity index (χ4v) is 3.58. The Balaban J connectivity index is 2.02. The molecule has 3 aromatic rings. The first-order chi connectivity index (χ1) is 10.9. The predicted molar refractivity (Wildman–Crippen MR) is 91.1 cm³/mol. The summed E-state index contributed by atoms with van der Waals surface area (Å²) in [6, 6.07) is 11.8. The third kappa shape index (κ3) is 3.07. The topological polar surface area (TPSA) is 57.5 Å². The van der Waals surface area contributed by atoms with Gasteiger partial charge in [0.05, 0.1) is 18.8 Å². The van der Waals surface area contributed by atoms with E-state index in [9.17, 15) is 8.42 Å². The highest BCUT2D eigenvalue weighted by Gasteiger charge is 2.19. The summed E-state index contributed by atoms with van der Waals surface area (Å²) in [4.78, 5) is 0.106. The molecule has 0 saturated carbocycles. The maximum absolute atomic E-state index is 12.4. The third-order valence-electron chi connectivity index (χ3n) is 3.42. The van der Waals surface area contributed by atoms with Crippen molar-refractivity contribution in [3.8, 4) is 5.75 Å². The highest BCUT2D eigenvalue weighted by Crippen LogP contribution is 2.29. The smallest absolute Gasteiger partial charge is 0.357 e. The molecule has 0 spiro atoms. The number of hydrogen-bond donors (Lipinski definition) is 0. The van der Waals surface area contributed by atoms with Crippen LogP contribution in [0.25, 0.3) is 10.9 Å². The molecule has 0 N–H and O–H groups in total. The summed E-state index contributed by atoms with van der Waals surface area (Å²) >= 11 is 3.40. The number of fused-ring (bicyclic) bond motifs is 1. The number of hydrogen-bond acceptors (Lipinski definition) is 4. The van der Waals surface area contributed by atoms with Gasteiger partial charge in [-0.3, -0.25) is 4.28 Å². The summed E-state index contributed by atoms with van der Waals surface area (Å²) in [6.45, 7) is 1.89. The Labute approximate surface area is 142 Å². The van der Waals surface area contributed by atoms with E-state index in [2.05, 4.69) is 15.9 Å². The second-order valence-corrected chi connectivity index (χ2v) is 7.41. The summed E-state index contributed by atoms with van der Waals surface area (Å²) < 4.78 is 37.2. The maximum Gasteiger partial charge on any atom is 0.357 e. The zero-order valence-electron chi connectivity index (χ0n) is 12.5. The lowest BCUT2D eigenvalue weighted by Crippen LogP contribution is -2.19. The van der Waals surface area contributed by atoms with Gasteiger partial charge in [0.25, 0.3) is 0 Å². The van der Waals surface area contributed by atoms with Crippen molar-refractivity contribution in [2.24, 2.45) is 0 Å². The van der Waals surface area contributed by atoms with Crippen molar-refractivity contribution in [1.82, 2.24) is 4.73 Å². The second-order valence-electron chi connectivity index (χ2n) is 5.03. The lowest BCUT2D eigenvalue weighted by molar-refractivity contribution is 0.292. The van der Waals surface area contributed by atoms with Crippen molar-refractivity contribution in [3.05, 3.63) is 58.7 Å². The third-order valence-corrected chi connectivity index (χ3v) is 5.26. The molecule has 1 aromatic heterocycles. The van der Waals surface area contributed by atoms with E-state index in [1.807, 2.05) is 6.92 Å². The van der Waals surface area contributed by atoms with Crippen molar-refractivity contribution in [1.29, 1.82) is 0 Å². The van der Waals surface area contributed by atoms with Crippen LogP contribution < -0.4 is 9.02 Å². The van der Waals surface area contributed by atoms with Gasteiger partial charge in [-0.05, 0) is 53.2 Å². The van der Waals surface area contributed by atoms with Gasteiger partial charge in [0.2, 0.25) is 0 Å². The molecular formula is C16H14BrNO4S. The van der Waals surface area contributed by atoms with Crippen LogP contribution in [0.1, 0.15) is 5.56 Å². The SMILES string of the molecule is COc1ccc2c(c1)c(Br)cn2OS(=O)(=O)c1ccc(C)cc1. The number of halogens is 1. The molecular weight excluding hydrogens is 382 g/mol. The van der Waals surface area contributed by atoms with Gasteiger partial charge in [0.1, 0.15) is 10.6 Å². The first kappa shape index (κ1) is 15.9. The summed E-state index contributed by atoms with van der Waals surface area (Å²) in [6.07, 6.45) is 1.57. The number of methoxy groups -OCH3 is 1. The molecule has 0 fully saturated rings. The maximum atomic E-state index is 12.4. The van der Waals surface area contributed by atoms with Crippen LogP contribution in [0.15, 0.2) is 58.0 Å². The molecule has 0 unspecified atom stereocenters. The number of benzene rings is 2. The number of aryl methyl sites for hydroxylation is 1. The largest absolute Gasteiger partial charge is 0.497 e. The number of aromatic nitrogens is 1. The average Bonchev–Trinajstić information content (AvgIpc) is 2.82. The Morgan fingerprint density at radius 2 is 1.78 bits per heavy atom. The molecule has 0 saturated heterocycles. The zero-order chi connectivity index (χ0) is 16.6. The molecule has 0 amide bonds. The van der Waals surface area contributed by atoms with Gasteiger partial charge in [-0.15, -0.1) is 0 Å². The summed E-state index contributed by atoms with van der Waals surface area (Å²) in [5.41, 5.74) is 1.60. The molecule has 0 aliphatic rings. The van der Waals surface area contributed by atoms with Crippen molar-refractivity contribution in [3.63, 3.8) is 0 Å². The molecule has 0 radical (unpaired) electrons. The Morgan fingerprint density at radius 1 is 1.09 bits per heavy atom. The van der Waals surface area contributed by atoms with Crippen molar-refractivity contribution in [2.75, 3.05) is 7.11 Å². The number of ether oxygens (including phenoxy) is 1. The minimum absolute atomic E-state index is 0.106. The molecule has 120 valence electrons. The van der Waals surface area contributed by atoms with Crippen LogP contribution >= 0.6 is 15.9 Å². The lowest BCUT2D eigenvalue weighted by atomic mass is 10.2. The van der Waals surface area contributed by atoms with Crippen LogP contribution in [0.5, 0.6) is 5.75 Å². The molecule has 0 aliphatic heterocycles. The van der Waals surface area contributed by atoms with E-state index >= 15 is 0 Å². The van der Waals surface area contributed by atoms with Gasteiger partial charge in [-0.1, -0.05) is 17.7 Å². The fraction of sp³-hybridized carbons (Fsp3) is 0.125. The molecule has 23 heavy (non-hydrogen) atoms. The first-order valence-electron chi connectivity index (χ1n) is 6.77. The Hall–Kier alpha value is -1.99. The Morgan fingerprint density at radius 3 is 2.43 bits per heavy atom. The van der Waals surface area contributed by atoms with Gasteiger partial charge < -0.3 is 4.74 Å². The molecule has 3 rings (SSSR count). The second kappa shape index (κ2) is 5.90. The van der Waals surface area contributed by atoms with E-state index < -0.39 is 10.1 Å². The van der Waals surface area contributed by atoms with Gasteiger partial charge in [0.15, 0.2) is 0 Å². The van der Waals surface area contributed by atoms with Gasteiger partial charge >= 0.3 is 10.1 Å². The van der Waals surface area contributed by atoms with E-state index in [1.54, 1.807) is 43.6 Å². The minimum atomic E-state index is -3.91. The number of nitrogens with zero attached hydrogens (tertiary/aromatic N) is 1. The van der Waals surface area contributed by atoms with Crippen LogP contribution in [0.3, 0.4) is 0 Å². The summed E-state index contributed by atoms with van der Waals surface area (Å²) in [5, 5.41) is 0.795. The minimum Gasteiger partial charge on any atom is -0.497 e. The van der Waals surface area contributed by atoms with E-state index in [0.717, 1.165) is 10.9 Å². The van der Waals surface area contributed by atoms with Crippen LogP contribution in [-0.2, 0) is 10.1 Å². The van der Waals surface area contributed by atoms with Crippen LogP contribution in [-0.4, -0.2) is 20.3 Å². The predicted octanol–water partition coefficient (Wildman–Crippen LogP) is 3.54. The van der Waals surface area contributed by atoms with E-state index in [0.29, 0.717) is 15.7 Å². The molecule has 2 aromatic carbocycles. The molecule has 0 aliphatic carbocycles. The van der Waals surface area contributed by atoms with E-state index in [1.165, 1.54) is 16.9 Å². The highest BCUT2D eigenvalue weighted by molar-refractivity contribution is 9.10. The highest BCUT2D eigenvalue weighted by atomic mass is 79.9. The normalized spacial score (nSPS) is 11.6. The average molecular weight is 396 g/mol. The van der Waals surface area contributed by atoms with Crippen molar-refractivity contribution in [2.45, 2.75) is 11.8 Å². The first-order valence-corrected chi connectivity index (χ1v) is 8.97. The quantitative estimate of drug-likeness (QED) is 0.677. The van der Waals surface area contributed by atoms with Crippen molar-refractivity contribution < 1.29 is 17.4 Å². The number of rotatable bonds is 4. The Kier molecular flexibility index (Phi) is 4.08. The molecule has 7 heteroatoms.